The van der Waals surface area contributed by atoms with Crippen LogP contribution in [0.4, 0.5) is 5.69 Å². The quantitative estimate of drug-likeness (QED) is 0.475. The molecule has 0 aromatic heterocycles. The van der Waals surface area contributed by atoms with Crippen LogP contribution in [-0.2, 0) is 29.4 Å². The van der Waals surface area contributed by atoms with Crippen LogP contribution < -0.4 is 15.9 Å². The van der Waals surface area contributed by atoms with Gasteiger partial charge in [0.2, 0.25) is 11.8 Å². The van der Waals surface area contributed by atoms with E-state index in [9.17, 15) is 18.9 Å². The number of rotatable bonds is 9. The minimum atomic E-state index is -3.31. The molecule has 1 aliphatic heterocycles. The first kappa shape index (κ1) is 26.7. The first-order valence-corrected chi connectivity index (χ1v) is 13.1. The van der Waals surface area contributed by atoms with Gasteiger partial charge in [0.05, 0.1) is 30.6 Å². The summed E-state index contributed by atoms with van der Waals surface area (Å²) < 4.78 is 23.7. The summed E-state index contributed by atoms with van der Waals surface area (Å²) in [6.07, 6.45) is -0.858. The van der Waals surface area contributed by atoms with Gasteiger partial charge in [0.15, 0.2) is 6.17 Å². The molecule has 0 saturated heterocycles. The van der Waals surface area contributed by atoms with Crippen molar-refractivity contribution in [3.63, 3.8) is 0 Å². The third-order valence-electron chi connectivity index (χ3n) is 5.02. The third kappa shape index (κ3) is 6.21. The fraction of sp³-hybridized carbons (Fsp3) is 0.348. The molecule has 10 nitrogen and oxygen atoms in total. The van der Waals surface area contributed by atoms with E-state index >= 15 is 0 Å². The van der Waals surface area contributed by atoms with Crippen LogP contribution in [0.15, 0.2) is 42.5 Å². The van der Waals surface area contributed by atoms with Gasteiger partial charge in [-0.25, -0.2) is 5.01 Å². The van der Waals surface area contributed by atoms with Crippen LogP contribution in [-0.4, -0.2) is 35.9 Å². The van der Waals surface area contributed by atoms with E-state index < -0.39 is 25.6 Å². The Hall–Kier alpha value is -2.91. The van der Waals surface area contributed by atoms with E-state index in [2.05, 4.69) is 10.9 Å². The second-order valence-electron chi connectivity index (χ2n) is 7.76. The molecule has 2 aromatic rings. The third-order valence-corrected chi connectivity index (χ3v) is 7.31. The lowest BCUT2D eigenvalue weighted by atomic mass is 10.0. The minimum absolute atomic E-state index is 0.0712. The summed E-state index contributed by atoms with van der Waals surface area (Å²) in [6, 6.07) is 11.6. The molecular formula is C23H28ClN4O6P. The van der Waals surface area contributed by atoms with Crippen molar-refractivity contribution in [2.24, 2.45) is 0 Å². The fourth-order valence-corrected chi connectivity index (χ4v) is 5.65. The zero-order valence-corrected chi connectivity index (χ0v) is 21.6. The topological polar surface area (TPSA) is 117 Å². The summed E-state index contributed by atoms with van der Waals surface area (Å²) in [4.78, 5) is 37.4. The Kier molecular flexibility index (Phi) is 8.56. The Balaban J connectivity index is 2.06. The molecule has 1 atom stereocenters. The lowest BCUT2D eigenvalue weighted by Gasteiger charge is -2.44. The van der Waals surface area contributed by atoms with E-state index in [-0.39, 0.29) is 30.8 Å². The molecule has 0 bridgehead atoms. The Morgan fingerprint density at radius 3 is 2.09 bits per heavy atom. The van der Waals surface area contributed by atoms with E-state index in [4.69, 9.17) is 20.6 Å². The first-order valence-electron chi connectivity index (χ1n) is 11.0. The minimum Gasteiger partial charge on any atom is -0.309 e. The molecule has 188 valence electrons. The standard InChI is InChI=1S/C23H28ClN4O6P/c1-5-33-35(32,34-6-2)14-17-7-9-18(10-8-17)22-27(25-15(3)29)21-13-19(24)11-12-20(21)23(31)28(22)26-16(4)30/h7-13,22H,5-6,14H2,1-4H3,(H,25,29)(H,26,30). The Morgan fingerprint density at radius 2 is 1.54 bits per heavy atom. The van der Waals surface area contributed by atoms with Gasteiger partial charge in [-0.3, -0.25) is 34.8 Å². The van der Waals surface area contributed by atoms with Crippen LogP contribution in [0.2, 0.25) is 5.02 Å². The number of carbonyl (C=O) groups excluding carboxylic acids is 3. The highest BCUT2D eigenvalue weighted by Crippen LogP contribution is 2.51. The van der Waals surface area contributed by atoms with Gasteiger partial charge in [-0.05, 0) is 43.2 Å². The number of fused-ring (bicyclic) bond motifs is 1. The van der Waals surface area contributed by atoms with Gasteiger partial charge < -0.3 is 9.05 Å². The van der Waals surface area contributed by atoms with Crippen molar-refractivity contribution in [3.8, 4) is 0 Å². The number of hydrazine groups is 2. The van der Waals surface area contributed by atoms with Crippen LogP contribution in [0.1, 0.15) is 55.3 Å². The number of hydrogen-bond acceptors (Lipinski definition) is 7. The van der Waals surface area contributed by atoms with Gasteiger partial charge in [-0.15, -0.1) is 0 Å². The van der Waals surface area contributed by atoms with Crippen LogP contribution in [0.25, 0.3) is 0 Å². The Labute approximate surface area is 209 Å². The van der Waals surface area contributed by atoms with Crippen LogP contribution in [0.3, 0.4) is 0 Å². The molecule has 35 heavy (non-hydrogen) atoms. The average Bonchev–Trinajstić information content (AvgIpc) is 2.77. The molecule has 0 spiro atoms. The highest BCUT2D eigenvalue weighted by atomic mass is 35.5. The van der Waals surface area contributed by atoms with Crippen molar-refractivity contribution in [1.29, 1.82) is 0 Å². The molecule has 0 radical (unpaired) electrons. The van der Waals surface area contributed by atoms with Gasteiger partial charge in [-0.1, -0.05) is 35.9 Å². The van der Waals surface area contributed by atoms with Gasteiger partial charge in [0.1, 0.15) is 0 Å². The summed E-state index contributed by atoms with van der Waals surface area (Å²) in [5.74, 6) is -1.32. The number of carbonyl (C=O) groups is 3. The van der Waals surface area contributed by atoms with Crippen LogP contribution in [0.5, 0.6) is 0 Å². The van der Waals surface area contributed by atoms with Crippen molar-refractivity contribution < 1.29 is 28.0 Å². The second-order valence-corrected chi connectivity index (χ2v) is 10.3. The van der Waals surface area contributed by atoms with Gasteiger partial charge in [0, 0.05) is 18.9 Å². The number of nitrogens with one attached hydrogen (secondary N) is 2. The first-order chi connectivity index (χ1) is 16.6. The number of benzene rings is 2. The number of hydrogen-bond donors (Lipinski definition) is 2. The monoisotopic (exact) mass is 522 g/mol. The molecule has 1 heterocycles. The van der Waals surface area contributed by atoms with Crippen molar-refractivity contribution in [1.82, 2.24) is 15.9 Å². The Bertz CT molecular complexity index is 1150. The van der Waals surface area contributed by atoms with E-state index in [1.165, 1.54) is 24.9 Å². The maximum Gasteiger partial charge on any atom is 0.335 e. The molecule has 1 unspecified atom stereocenters. The van der Waals surface area contributed by atoms with Gasteiger partial charge >= 0.3 is 7.60 Å². The van der Waals surface area contributed by atoms with E-state index in [0.717, 1.165) is 5.01 Å². The Morgan fingerprint density at radius 1 is 0.971 bits per heavy atom. The van der Waals surface area contributed by atoms with E-state index in [0.29, 0.717) is 21.8 Å². The molecule has 2 N–H and O–H groups in total. The molecule has 3 rings (SSSR count). The fourth-order valence-electron chi connectivity index (χ4n) is 3.78. The normalized spacial score (nSPS) is 15.6. The second kappa shape index (κ2) is 11.2. The summed E-state index contributed by atoms with van der Waals surface area (Å²) in [7, 11) is -3.31. The molecule has 0 aliphatic carbocycles. The van der Waals surface area contributed by atoms with Crippen LogP contribution >= 0.6 is 19.2 Å². The van der Waals surface area contributed by atoms with Crippen LogP contribution in [0, 0.1) is 0 Å². The summed E-state index contributed by atoms with van der Waals surface area (Å²) in [6.45, 7) is 6.60. The van der Waals surface area contributed by atoms with Crippen molar-refractivity contribution in [2.45, 2.75) is 40.0 Å². The zero-order chi connectivity index (χ0) is 25.8. The lowest BCUT2D eigenvalue weighted by Crippen LogP contribution is -2.60. The maximum atomic E-state index is 13.3. The highest BCUT2D eigenvalue weighted by Gasteiger charge is 2.40. The molecule has 12 heteroatoms. The average molecular weight is 523 g/mol. The molecule has 0 saturated carbocycles. The van der Waals surface area contributed by atoms with Crippen molar-refractivity contribution >= 4 is 42.6 Å². The molecule has 2 aromatic carbocycles. The number of nitrogens with zero attached hydrogens (tertiary/aromatic N) is 2. The van der Waals surface area contributed by atoms with Crippen molar-refractivity contribution in [3.05, 3.63) is 64.2 Å². The largest absolute Gasteiger partial charge is 0.335 e. The predicted molar refractivity (Wildman–Crippen MR) is 131 cm³/mol. The zero-order valence-electron chi connectivity index (χ0n) is 19.9. The van der Waals surface area contributed by atoms with Crippen molar-refractivity contribution in [2.75, 3.05) is 18.2 Å². The summed E-state index contributed by atoms with van der Waals surface area (Å²) >= 11 is 6.19. The van der Waals surface area contributed by atoms with Gasteiger partial charge in [-0.2, -0.15) is 0 Å². The van der Waals surface area contributed by atoms with Gasteiger partial charge in [0.25, 0.3) is 5.91 Å². The lowest BCUT2D eigenvalue weighted by molar-refractivity contribution is -0.124. The molecule has 0 fully saturated rings. The number of anilines is 1. The van der Waals surface area contributed by atoms with E-state index in [1.54, 1.807) is 50.2 Å². The molecule has 3 amide bonds. The summed E-state index contributed by atoms with van der Waals surface area (Å²) in [5, 5.41) is 2.99. The summed E-state index contributed by atoms with van der Waals surface area (Å²) in [5.41, 5.74) is 7.18. The smallest absolute Gasteiger partial charge is 0.309 e. The number of halogens is 1. The molecule has 1 aliphatic rings. The SMILES string of the molecule is CCOP(=O)(Cc1ccc(C2N(NC(C)=O)C(=O)c3ccc(Cl)cc3N2NC(C)=O)cc1)OCC. The molecular weight excluding hydrogens is 495 g/mol. The number of amides is 3. The highest BCUT2D eigenvalue weighted by molar-refractivity contribution is 7.53. The maximum absolute atomic E-state index is 13.3. The van der Waals surface area contributed by atoms with E-state index in [1.807, 2.05) is 0 Å². The predicted octanol–water partition coefficient (Wildman–Crippen LogP) is 4.17.